The molecule has 1 aliphatic rings. The summed E-state index contributed by atoms with van der Waals surface area (Å²) in [5.41, 5.74) is 1.04. The predicted molar refractivity (Wildman–Crippen MR) is 118 cm³/mol. The molecule has 1 atom stereocenters. The molecule has 8 heteroatoms. The molecule has 1 amide bonds. The Morgan fingerprint density at radius 1 is 1.07 bits per heavy atom. The highest BCUT2D eigenvalue weighted by Crippen LogP contribution is 2.26. The Morgan fingerprint density at radius 3 is 2.30 bits per heavy atom. The first kappa shape index (κ1) is 22.6. The Bertz CT molecular complexity index is 985. The SMILES string of the molecule is COc1ccc([C@@H](C)NC(=O)c2cc(S(=O)(=O)N3CCCCCC3)ccc2Cl)cc1. The summed E-state index contributed by atoms with van der Waals surface area (Å²) in [6, 6.07) is 11.4. The Balaban J connectivity index is 1.80. The quantitative estimate of drug-likeness (QED) is 0.707. The third-order valence-corrected chi connectivity index (χ3v) is 7.57. The third kappa shape index (κ3) is 5.14. The number of nitrogens with one attached hydrogen (secondary N) is 1. The molecule has 0 aromatic heterocycles. The maximum atomic E-state index is 13.1. The zero-order valence-electron chi connectivity index (χ0n) is 17.2. The second-order valence-electron chi connectivity index (χ2n) is 7.43. The fraction of sp³-hybridized carbons (Fsp3) is 0.409. The van der Waals surface area contributed by atoms with Crippen LogP contribution in [-0.2, 0) is 10.0 Å². The Hall–Kier alpha value is -2.09. The number of carbonyl (C=O) groups is 1. The molecule has 1 N–H and O–H groups in total. The summed E-state index contributed by atoms with van der Waals surface area (Å²) in [7, 11) is -2.07. The number of carbonyl (C=O) groups excluding carboxylic acids is 1. The van der Waals surface area contributed by atoms with E-state index in [1.165, 1.54) is 22.5 Å². The minimum Gasteiger partial charge on any atom is -0.497 e. The van der Waals surface area contributed by atoms with Gasteiger partial charge in [-0.15, -0.1) is 0 Å². The standard InChI is InChI=1S/C22H27ClN2O4S/c1-16(17-7-9-18(29-2)10-8-17)24-22(26)20-15-19(11-12-21(20)23)30(27,28)25-13-5-3-4-6-14-25/h7-12,15-16H,3-6,13-14H2,1-2H3,(H,24,26)/t16-/m1/s1. The van der Waals surface area contributed by atoms with Crippen LogP contribution in [0.4, 0.5) is 0 Å². The zero-order chi connectivity index (χ0) is 21.7. The number of amides is 1. The van der Waals surface area contributed by atoms with E-state index in [1.54, 1.807) is 7.11 Å². The second-order valence-corrected chi connectivity index (χ2v) is 9.77. The maximum Gasteiger partial charge on any atom is 0.253 e. The van der Waals surface area contributed by atoms with E-state index in [0.717, 1.165) is 37.0 Å². The monoisotopic (exact) mass is 450 g/mol. The van der Waals surface area contributed by atoms with E-state index in [1.807, 2.05) is 31.2 Å². The molecular weight excluding hydrogens is 424 g/mol. The molecular formula is C22H27ClN2O4S. The van der Waals surface area contributed by atoms with E-state index in [4.69, 9.17) is 16.3 Å². The van der Waals surface area contributed by atoms with Gasteiger partial charge in [-0.25, -0.2) is 8.42 Å². The van der Waals surface area contributed by atoms with Crippen molar-refractivity contribution in [2.45, 2.75) is 43.5 Å². The van der Waals surface area contributed by atoms with E-state index in [0.29, 0.717) is 13.1 Å². The van der Waals surface area contributed by atoms with Crippen molar-refractivity contribution >= 4 is 27.5 Å². The molecule has 0 spiro atoms. The first-order valence-corrected chi connectivity index (χ1v) is 11.9. The molecule has 162 valence electrons. The van der Waals surface area contributed by atoms with E-state index in [-0.39, 0.29) is 21.5 Å². The molecule has 0 saturated carbocycles. The molecule has 0 unspecified atom stereocenters. The van der Waals surface area contributed by atoms with Gasteiger partial charge in [0.15, 0.2) is 0 Å². The number of benzene rings is 2. The summed E-state index contributed by atoms with van der Waals surface area (Å²) in [6.07, 6.45) is 3.76. The zero-order valence-corrected chi connectivity index (χ0v) is 18.8. The molecule has 2 aromatic rings. The lowest BCUT2D eigenvalue weighted by atomic mass is 10.1. The largest absolute Gasteiger partial charge is 0.497 e. The Kier molecular flexibility index (Phi) is 7.39. The molecule has 0 aliphatic carbocycles. The predicted octanol–water partition coefficient (Wildman–Crippen LogP) is 4.40. The molecule has 2 aromatic carbocycles. The van der Waals surface area contributed by atoms with Crippen LogP contribution in [0, 0.1) is 0 Å². The number of rotatable bonds is 6. The summed E-state index contributed by atoms with van der Waals surface area (Å²) in [6.45, 7) is 2.85. The van der Waals surface area contributed by atoms with Gasteiger partial charge in [0.2, 0.25) is 10.0 Å². The smallest absolute Gasteiger partial charge is 0.253 e. The topological polar surface area (TPSA) is 75.7 Å². The highest BCUT2D eigenvalue weighted by molar-refractivity contribution is 7.89. The summed E-state index contributed by atoms with van der Waals surface area (Å²) < 4.78 is 32.8. The van der Waals surface area contributed by atoms with Crippen LogP contribution in [-0.4, -0.2) is 38.8 Å². The van der Waals surface area contributed by atoms with Gasteiger partial charge in [0.05, 0.1) is 28.6 Å². The normalized spacial score (nSPS) is 16.5. The summed E-state index contributed by atoms with van der Waals surface area (Å²) >= 11 is 6.24. The van der Waals surface area contributed by atoms with Gasteiger partial charge in [-0.1, -0.05) is 36.6 Å². The van der Waals surface area contributed by atoms with Crippen molar-refractivity contribution in [1.29, 1.82) is 0 Å². The fourth-order valence-electron chi connectivity index (χ4n) is 3.52. The van der Waals surface area contributed by atoms with Crippen LogP contribution in [0.2, 0.25) is 5.02 Å². The van der Waals surface area contributed by atoms with E-state index in [9.17, 15) is 13.2 Å². The van der Waals surface area contributed by atoms with Crippen molar-refractivity contribution in [3.05, 3.63) is 58.6 Å². The van der Waals surface area contributed by atoms with Gasteiger partial charge in [0.25, 0.3) is 5.91 Å². The molecule has 1 saturated heterocycles. The van der Waals surface area contributed by atoms with Crippen molar-refractivity contribution < 1.29 is 17.9 Å². The molecule has 0 bridgehead atoms. The second kappa shape index (κ2) is 9.81. The van der Waals surface area contributed by atoms with Gasteiger partial charge < -0.3 is 10.1 Å². The fourth-order valence-corrected chi connectivity index (χ4v) is 5.27. The number of hydrogen-bond acceptors (Lipinski definition) is 4. The number of nitrogens with zero attached hydrogens (tertiary/aromatic N) is 1. The number of sulfonamides is 1. The van der Waals surface area contributed by atoms with E-state index >= 15 is 0 Å². The third-order valence-electron chi connectivity index (χ3n) is 5.35. The lowest BCUT2D eigenvalue weighted by Crippen LogP contribution is -2.32. The lowest BCUT2D eigenvalue weighted by Gasteiger charge is -2.21. The molecule has 3 rings (SSSR count). The van der Waals surface area contributed by atoms with Crippen molar-refractivity contribution in [2.75, 3.05) is 20.2 Å². The number of hydrogen-bond donors (Lipinski definition) is 1. The minimum atomic E-state index is -3.67. The van der Waals surface area contributed by atoms with Crippen molar-refractivity contribution in [3.63, 3.8) is 0 Å². The maximum absolute atomic E-state index is 13.1. The van der Waals surface area contributed by atoms with Crippen LogP contribution in [0.5, 0.6) is 5.75 Å². The van der Waals surface area contributed by atoms with Crippen molar-refractivity contribution in [3.8, 4) is 5.75 Å². The number of halogens is 1. The van der Waals surface area contributed by atoms with Gasteiger partial charge in [-0.2, -0.15) is 4.31 Å². The lowest BCUT2D eigenvalue weighted by molar-refractivity contribution is 0.0940. The van der Waals surface area contributed by atoms with Crippen LogP contribution in [0.15, 0.2) is 47.4 Å². The molecule has 1 aliphatic heterocycles. The Morgan fingerprint density at radius 2 is 1.70 bits per heavy atom. The number of methoxy groups -OCH3 is 1. The molecule has 0 radical (unpaired) electrons. The minimum absolute atomic E-state index is 0.0936. The van der Waals surface area contributed by atoms with Crippen LogP contribution < -0.4 is 10.1 Å². The van der Waals surface area contributed by atoms with E-state index in [2.05, 4.69) is 5.32 Å². The van der Waals surface area contributed by atoms with E-state index < -0.39 is 15.9 Å². The highest BCUT2D eigenvalue weighted by Gasteiger charge is 2.27. The van der Waals surface area contributed by atoms with Crippen LogP contribution in [0.1, 0.15) is 54.6 Å². The van der Waals surface area contributed by atoms with Crippen LogP contribution in [0.3, 0.4) is 0 Å². The van der Waals surface area contributed by atoms with Gasteiger partial charge in [-0.05, 0) is 55.7 Å². The summed E-state index contributed by atoms with van der Waals surface area (Å²) in [5, 5.41) is 3.10. The average Bonchev–Trinajstić information content (AvgIpc) is 3.04. The molecule has 1 fully saturated rings. The van der Waals surface area contributed by atoms with Crippen LogP contribution in [0.25, 0.3) is 0 Å². The first-order chi connectivity index (χ1) is 14.3. The molecule has 6 nitrogen and oxygen atoms in total. The highest BCUT2D eigenvalue weighted by atomic mass is 35.5. The molecule has 1 heterocycles. The van der Waals surface area contributed by atoms with Gasteiger partial charge >= 0.3 is 0 Å². The van der Waals surface area contributed by atoms with Crippen molar-refractivity contribution in [2.24, 2.45) is 0 Å². The summed E-state index contributed by atoms with van der Waals surface area (Å²) in [5.74, 6) is 0.308. The average molecular weight is 451 g/mol. The number of ether oxygens (including phenoxy) is 1. The first-order valence-electron chi connectivity index (χ1n) is 10.1. The summed E-state index contributed by atoms with van der Waals surface area (Å²) in [4.78, 5) is 12.9. The van der Waals surface area contributed by atoms with Gasteiger partial charge in [0, 0.05) is 13.1 Å². The van der Waals surface area contributed by atoms with Gasteiger partial charge in [-0.3, -0.25) is 4.79 Å². The van der Waals surface area contributed by atoms with Gasteiger partial charge in [0.1, 0.15) is 5.75 Å². The Labute approximate surface area is 183 Å². The molecule has 30 heavy (non-hydrogen) atoms. The van der Waals surface area contributed by atoms with Crippen molar-refractivity contribution in [1.82, 2.24) is 9.62 Å². The van der Waals surface area contributed by atoms with Crippen LogP contribution >= 0.6 is 11.6 Å².